The van der Waals surface area contributed by atoms with E-state index in [0.29, 0.717) is 34.3 Å². The van der Waals surface area contributed by atoms with Crippen LogP contribution in [0.25, 0.3) is 4.96 Å². The molecular formula is C22H21F2N5OS. The fourth-order valence-corrected chi connectivity index (χ4v) is 5.28. The van der Waals surface area contributed by atoms with Gasteiger partial charge in [0, 0.05) is 31.9 Å². The molecule has 4 aromatic rings. The predicted octanol–water partition coefficient (Wildman–Crippen LogP) is 3.99. The minimum Gasteiger partial charge on any atom is -0.492 e. The van der Waals surface area contributed by atoms with Crippen LogP contribution < -0.4 is 4.90 Å². The first-order valence-corrected chi connectivity index (χ1v) is 10.9. The fourth-order valence-electron chi connectivity index (χ4n) is 4.11. The zero-order valence-electron chi connectivity index (χ0n) is 16.9. The van der Waals surface area contributed by atoms with Crippen LogP contribution in [0, 0.1) is 18.6 Å². The molecule has 1 saturated heterocycles. The first-order chi connectivity index (χ1) is 15.0. The van der Waals surface area contributed by atoms with Crippen molar-refractivity contribution in [1.29, 1.82) is 0 Å². The maximum Gasteiger partial charge on any atom is 0.230 e. The van der Waals surface area contributed by atoms with Gasteiger partial charge < -0.3 is 10.0 Å². The van der Waals surface area contributed by atoms with Crippen LogP contribution in [0.2, 0.25) is 0 Å². The normalized spacial score (nSPS) is 16.2. The monoisotopic (exact) mass is 441 g/mol. The number of halogens is 2. The van der Waals surface area contributed by atoms with Gasteiger partial charge in [-0.1, -0.05) is 35.6 Å². The molecule has 0 radical (unpaired) electrons. The third-order valence-electron chi connectivity index (χ3n) is 5.61. The van der Waals surface area contributed by atoms with Crippen molar-refractivity contribution in [3.63, 3.8) is 0 Å². The number of anilines is 1. The summed E-state index contributed by atoms with van der Waals surface area (Å²) in [6, 6.07) is 13.7. The number of aryl methyl sites for hydroxylation is 1. The molecule has 1 atom stereocenters. The molecule has 1 N–H and O–H groups in total. The number of aromatic hydroxyl groups is 1. The smallest absolute Gasteiger partial charge is 0.230 e. The molecule has 1 aliphatic heterocycles. The van der Waals surface area contributed by atoms with Gasteiger partial charge in [-0.25, -0.2) is 13.8 Å². The maximum atomic E-state index is 14.1. The van der Waals surface area contributed by atoms with Crippen molar-refractivity contribution in [3.8, 4) is 5.88 Å². The third kappa shape index (κ3) is 3.64. The first-order valence-electron chi connectivity index (χ1n) is 10.1. The van der Waals surface area contributed by atoms with Gasteiger partial charge in [-0.15, -0.1) is 5.10 Å². The molecule has 1 aliphatic rings. The van der Waals surface area contributed by atoms with E-state index in [1.807, 2.05) is 18.2 Å². The largest absolute Gasteiger partial charge is 0.492 e. The Bertz CT molecular complexity index is 1220. The van der Waals surface area contributed by atoms with Crippen molar-refractivity contribution in [3.05, 3.63) is 76.4 Å². The molecule has 2 aromatic carbocycles. The topological polar surface area (TPSA) is 56.9 Å². The second-order valence-electron chi connectivity index (χ2n) is 7.58. The lowest BCUT2D eigenvalue weighted by atomic mass is 10.0. The minimum absolute atomic E-state index is 0.0131. The summed E-state index contributed by atoms with van der Waals surface area (Å²) in [5.74, 6) is -1.24. The molecule has 6 nitrogen and oxygen atoms in total. The van der Waals surface area contributed by atoms with E-state index in [9.17, 15) is 13.9 Å². The van der Waals surface area contributed by atoms with E-state index in [0.717, 1.165) is 24.8 Å². The quantitative estimate of drug-likeness (QED) is 0.519. The number of thiazole rings is 1. The Morgan fingerprint density at radius 2 is 1.74 bits per heavy atom. The number of fused-ring (bicyclic) bond motifs is 1. The molecule has 31 heavy (non-hydrogen) atoms. The van der Waals surface area contributed by atoms with Crippen LogP contribution in [-0.4, -0.2) is 50.8 Å². The SMILES string of the molecule is Cc1nc2sc([C@@H](c3ccc(F)c(F)c3)N3CCN(c4ccccc4)CC3)c(O)n2n1. The molecule has 9 heteroatoms. The molecule has 2 aromatic heterocycles. The summed E-state index contributed by atoms with van der Waals surface area (Å²) < 4.78 is 29.1. The van der Waals surface area contributed by atoms with Crippen molar-refractivity contribution in [2.75, 3.05) is 31.1 Å². The molecule has 3 heterocycles. The van der Waals surface area contributed by atoms with Crippen LogP contribution in [0.15, 0.2) is 48.5 Å². The summed E-state index contributed by atoms with van der Waals surface area (Å²) in [6.07, 6.45) is 0. The Hall–Kier alpha value is -3.04. The van der Waals surface area contributed by atoms with Gasteiger partial charge in [0.1, 0.15) is 5.82 Å². The number of hydrogen-bond donors (Lipinski definition) is 1. The number of rotatable bonds is 4. The number of benzene rings is 2. The Labute approximate surface area is 182 Å². The summed E-state index contributed by atoms with van der Waals surface area (Å²) in [5.41, 5.74) is 1.74. The van der Waals surface area contributed by atoms with E-state index in [1.54, 1.807) is 13.0 Å². The Kier molecular flexibility index (Phi) is 5.07. The summed E-state index contributed by atoms with van der Waals surface area (Å²) in [4.78, 5) is 10.0. The molecular weight excluding hydrogens is 420 g/mol. The average Bonchev–Trinajstić information content (AvgIpc) is 3.29. The second kappa shape index (κ2) is 7.90. The highest BCUT2D eigenvalue weighted by atomic mass is 32.1. The Morgan fingerprint density at radius 1 is 1.00 bits per heavy atom. The van der Waals surface area contributed by atoms with Gasteiger partial charge in [-0.2, -0.15) is 4.52 Å². The highest BCUT2D eigenvalue weighted by Crippen LogP contribution is 2.40. The summed E-state index contributed by atoms with van der Waals surface area (Å²) >= 11 is 1.32. The third-order valence-corrected chi connectivity index (χ3v) is 6.69. The first kappa shape index (κ1) is 19.9. The van der Waals surface area contributed by atoms with Crippen LogP contribution in [0.1, 0.15) is 22.3 Å². The zero-order chi connectivity index (χ0) is 21.5. The fraction of sp³-hybridized carbons (Fsp3) is 0.273. The van der Waals surface area contributed by atoms with E-state index < -0.39 is 17.7 Å². The van der Waals surface area contributed by atoms with Gasteiger partial charge in [0.25, 0.3) is 0 Å². The van der Waals surface area contributed by atoms with Gasteiger partial charge in [0.05, 0.1) is 10.9 Å². The lowest BCUT2D eigenvalue weighted by Gasteiger charge is -2.40. The number of para-hydroxylation sites is 1. The van der Waals surface area contributed by atoms with Gasteiger partial charge in [0.2, 0.25) is 10.8 Å². The highest BCUT2D eigenvalue weighted by Gasteiger charge is 2.32. The maximum absolute atomic E-state index is 14.1. The highest BCUT2D eigenvalue weighted by molar-refractivity contribution is 7.17. The van der Waals surface area contributed by atoms with Crippen molar-refractivity contribution in [2.45, 2.75) is 13.0 Å². The van der Waals surface area contributed by atoms with E-state index >= 15 is 0 Å². The Balaban J connectivity index is 1.50. The van der Waals surface area contributed by atoms with Crippen LogP contribution in [0.4, 0.5) is 14.5 Å². The molecule has 0 bridgehead atoms. The number of hydrogen-bond acceptors (Lipinski definition) is 6. The van der Waals surface area contributed by atoms with Crippen LogP contribution >= 0.6 is 11.3 Å². The molecule has 5 rings (SSSR count). The molecule has 0 unspecified atom stereocenters. The summed E-state index contributed by atoms with van der Waals surface area (Å²) in [7, 11) is 0. The van der Waals surface area contributed by atoms with Crippen molar-refractivity contribution in [1.82, 2.24) is 19.5 Å². The summed E-state index contributed by atoms with van der Waals surface area (Å²) in [5, 5.41) is 15.1. The van der Waals surface area contributed by atoms with Crippen LogP contribution in [0.5, 0.6) is 5.88 Å². The predicted molar refractivity (Wildman–Crippen MR) is 116 cm³/mol. The van der Waals surface area contributed by atoms with Gasteiger partial charge in [0.15, 0.2) is 11.6 Å². The van der Waals surface area contributed by atoms with Gasteiger partial charge in [-0.05, 0) is 36.8 Å². The molecule has 160 valence electrons. The van der Waals surface area contributed by atoms with E-state index in [1.165, 1.54) is 21.9 Å². The minimum atomic E-state index is -0.903. The van der Waals surface area contributed by atoms with Crippen LogP contribution in [-0.2, 0) is 0 Å². The molecule has 0 amide bonds. The number of aromatic nitrogens is 3. The van der Waals surface area contributed by atoms with Crippen molar-refractivity contribution in [2.24, 2.45) is 0 Å². The van der Waals surface area contributed by atoms with E-state index in [-0.39, 0.29) is 5.88 Å². The number of nitrogens with zero attached hydrogens (tertiary/aromatic N) is 5. The second-order valence-corrected chi connectivity index (χ2v) is 8.59. The lowest BCUT2D eigenvalue weighted by Crippen LogP contribution is -2.47. The van der Waals surface area contributed by atoms with E-state index in [2.05, 4.69) is 32.0 Å². The number of piperazine rings is 1. The van der Waals surface area contributed by atoms with Gasteiger partial charge in [-0.3, -0.25) is 4.90 Å². The Morgan fingerprint density at radius 3 is 2.42 bits per heavy atom. The van der Waals surface area contributed by atoms with Crippen LogP contribution in [0.3, 0.4) is 0 Å². The molecule has 1 fully saturated rings. The van der Waals surface area contributed by atoms with Gasteiger partial charge >= 0.3 is 0 Å². The average molecular weight is 442 g/mol. The van der Waals surface area contributed by atoms with E-state index in [4.69, 9.17) is 0 Å². The zero-order valence-corrected chi connectivity index (χ0v) is 17.7. The van der Waals surface area contributed by atoms with Crippen molar-refractivity contribution >= 4 is 22.0 Å². The molecule has 0 aliphatic carbocycles. The standard InChI is InChI=1S/C22H21F2N5OS/c1-14-25-22-29(26-14)21(30)20(31-22)19(15-7-8-17(23)18(24)13-15)28-11-9-27(10-12-28)16-5-3-2-4-6-16/h2-8,13,19,30H,9-12H2,1H3/t19-/m1/s1. The lowest BCUT2D eigenvalue weighted by molar-refractivity contribution is 0.210. The molecule has 0 spiro atoms. The summed E-state index contributed by atoms with van der Waals surface area (Å²) in [6.45, 7) is 4.72. The van der Waals surface area contributed by atoms with Crippen molar-refractivity contribution < 1.29 is 13.9 Å². The molecule has 0 saturated carbocycles.